The fourth-order valence-electron chi connectivity index (χ4n) is 3.28. The number of carbonyl (C=O) groups is 2. The molecule has 2 aromatic carbocycles. The van der Waals surface area contributed by atoms with E-state index in [2.05, 4.69) is 20.9 Å². The molecule has 152 valence electrons. The van der Waals surface area contributed by atoms with Gasteiger partial charge >= 0.3 is 0 Å². The van der Waals surface area contributed by atoms with Crippen LogP contribution >= 0.6 is 0 Å². The quantitative estimate of drug-likeness (QED) is 0.604. The van der Waals surface area contributed by atoms with Crippen LogP contribution < -0.4 is 16.0 Å². The van der Waals surface area contributed by atoms with Gasteiger partial charge in [0.05, 0.1) is 24.5 Å². The van der Waals surface area contributed by atoms with Gasteiger partial charge in [0.2, 0.25) is 0 Å². The van der Waals surface area contributed by atoms with Crippen molar-refractivity contribution in [2.45, 2.75) is 20.1 Å². The summed E-state index contributed by atoms with van der Waals surface area (Å²) in [5, 5.41) is 8.71. The third kappa shape index (κ3) is 4.01. The minimum absolute atomic E-state index is 0.282. The highest BCUT2D eigenvalue weighted by Crippen LogP contribution is 2.27. The number of anilines is 3. The highest BCUT2D eigenvalue weighted by molar-refractivity contribution is 6.07. The Hall–Kier alpha value is -3.71. The van der Waals surface area contributed by atoms with Crippen molar-refractivity contribution in [3.05, 3.63) is 82.5 Å². The summed E-state index contributed by atoms with van der Waals surface area (Å²) in [6.45, 7) is 3.05. The highest BCUT2D eigenvalue weighted by atomic mass is 16.5. The van der Waals surface area contributed by atoms with Gasteiger partial charge in [0.15, 0.2) is 5.82 Å². The zero-order valence-electron chi connectivity index (χ0n) is 16.8. The van der Waals surface area contributed by atoms with Crippen LogP contribution in [0.15, 0.2) is 54.7 Å². The number of aromatic nitrogens is 1. The Labute approximate surface area is 174 Å². The minimum Gasteiger partial charge on any atom is -0.372 e. The molecule has 3 aromatic rings. The lowest BCUT2D eigenvalue weighted by Gasteiger charge is -2.15. The Morgan fingerprint density at radius 2 is 1.73 bits per heavy atom. The molecule has 0 saturated carbocycles. The summed E-state index contributed by atoms with van der Waals surface area (Å²) in [6.07, 6.45) is 1.47. The highest BCUT2D eigenvalue weighted by Gasteiger charge is 2.17. The van der Waals surface area contributed by atoms with Crippen molar-refractivity contribution < 1.29 is 14.3 Å². The Bertz CT molecular complexity index is 1130. The molecule has 1 aromatic heterocycles. The number of hydrogen-bond donors (Lipinski definition) is 3. The summed E-state index contributed by atoms with van der Waals surface area (Å²) in [4.78, 5) is 29.4. The predicted octanol–water partition coefficient (Wildman–Crippen LogP) is 3.78. The van der Waals surface area contributed by atoms with Gasteiger partial charge in [-0.1, -0.05) is 24.3 Å². The van der Waals surface area contributed by atoms with Crippen molar-refractivity contribution in [1.82, 2.24) is 10.3 Å². The monoisotopic (exact) mass is 402 g/mol. The largest absolute Gasteiger partial charge is 0.372 e. The van der Waals surface area contributed by atoms with Crippen molar-refractivity contribution in [3.8, 4) is 0 Å². The summed E-state index contributed by atoms with van der Waals surface area (Å²) < 4.78 is 5.42. The standard InChI is InChI=1S/C23H22N4O3/c1-14-5-3-4-6-19(14)26-21-20(10-17(11-25-21)22(28)24-2)27-23(29)15-7-8-16-12-30-13-18(16)9-15/h3-11H,12-13H2,1-2H3,(H,24,28)(H,25,26)(H,27,29). The van der Waals surface area contributed by atoms with E-state index in [0.717, 1.165) is 22.4 Å². The van der Waals surface area contributed by atoms with Gasteiger partial charge < -0.3 is 20.7 Å². The fourth-order valence-corrected chi connectivity index (χ4v) is 3.28. The number of nitrogens with one attached hydrogen (secondary N) is 3. The van der Waals surface area contributed by atoms with Gasteiger partial charge in [-0.25, -0.2) is 4.98 Å². The van der Waals surface area contributed by atoms with E-state index >= 15 is 0 Å². The van der Waals surface area contributed by atoms with Crippen molar-refractivity contribution in [3.63, 3.8) is 0 Å². The van der Waals surface area contributed by atoms with E-state index in [0.29, 0.717) is 35.8 Å². The maximum atomic E-state index is 12.9. The summed E-state index contributed by atoms with van der Waals surface area (Å²) in [5.74, 6) is -0.113. The van der Waals surface area contributed by atoms with E-state index in [9.17, 15) is 9.59 Å². The molecule has 7 nitrogen and oxygen atoms in total. The van der Waals surface area contributed by atoms with Crippen LogP contribution in [-0.2, 0) is 18.0 Å². The Kier molecular flexibility index (Phi) is 5.45. The Morgan fingerprint density at radius 3 is 2.53 bits per heavy atom. The van der Waals surface area contributed by atoms with Crippen LogP contribution in [0.3, 0.4) is 0 Å². The number of pyridine rings is 1. The van der Waals surface area contributed by atoms with Gasteiger partial charge in [-0.2, -0.15) is 0 Å². The lowest BCUT2D eigenvalue weighted by Crippen LogP contribution is -2.20. The van der Waals surface area contributed by atoms with E-state index in [4.69, 9.17) is 4.74 Å². The van der Waals surface area contributed by atoms with E-state index in [1.54, 1.807) is 19.2 Å². The molecule has 0 unspecified atom stereocenters. The van der Waals surface area contributed by atoms with E-state index in [1.165, 1.54) is 6.20 Å². The molecule has 3 N–H and O–H groups in total. The molecule has 1 aliphatic rings. The average molecular weight is 402 g/mol. The van der Waals surface area contributed by atoms with Gasteiger partial charge in [-0.15, -0.1) is 0 Å². The van der Waals surface area contributed by atoms with Gasteiger partial charge in [-0.3, -0.25) is 9.59 Å². The van der Waals surface area contributed by atoms with Crippen molar-refractivity contribution >= 4 is 29.0 Å². The summed E-state index contributed by atoms with van der Waals surface area (Å²) >= 11 is 0. The first-order valence-corrected chi connectivity index (χ1v) is 9.61. The number of fused-ring (bicyclic) bond motifs is 1. The molecular weight excluding hydrogens is 380 g/mol. The average Bonchev–Trinajstić information content (AvgIpc) is 3.23. The number of benzene rings is 2. The van der Waals surface area contributed by atoms with Crippen LogP contribution in [0.1, 0.15) is 37.4 Å². The van der Waals surface area contributed by atoms with Crippen molar-refractivity contribution in [2.75, 3.05) is 17.7 Å². The van der Waals surface area contributed by atoms with Crippen LogP contribution in [0.5, 0.6) is 0 Å². The lowest BCUT2D eigenvalue weighted by atomic mass is 10.1. The molecule has 2 heterocycles. The van der Waals surface area contributed by atoms with Crippen molar-refractivity contribution in [1.29, 1.82) is 0 Å². The van der Waals surface area contributed by atoms with Crippen LogP contribution in [0.25, 0.3) is 0 Å². The van der Waals surface area contributed by atoms with Gasteiger partial charge in [0, 0.05) is 24.5 Å². The van der Waals surface area contributed by atoms with Gasteiger partial charge in [0.1, 0.15) is 0 Å². The summed E-state index contributed by atoms with van der Waals surface area (Å²) in [5.41, 5.74) is 5.29. The maximum Gasteiger partial charge on any atom is 0.255 e. The smallest absolute Gasteiger partial charge is 0.255 e. The summed E-state index contributed by atoms with van der Waals surface area (Å²) in [6, 6.07) is 14.9. The molecule has 0 radical (unpaired) electrons. The Morgan fingerprint density at radius 1 is 0.933 bits per heavy atom. The molecule has 0 saturated heterocycles. The Balaban J connectivity index is 1.66. The van der Waals surface area contributed by atoms with Crippen LogP contribution in [-0.4, -0.2) is 23.8 Å². The third-order valence-corrected chi connectivity index (χ3v) is 5.01. The number of nitrogens with zero attached hydrogens (tertiary/aromatic N) is 1. The molecule has 0 aliphatic carbocycles. The number of hydrogen-bond acceptors (Lipinski definition) is 5. The molecule has 2 amide bonds. The first kappa shape index (κ1) is 19.6. The van der Waals surface area contributed by atoms with Crippen LogP contribution in [0.4, 0.5) is 17.2 Å². The zero-order chi connectivity index (χ0) is 21.1. The van der Waals surface area contributed by atoms with Crippen molar-refractivity contribution in [2.24, 2.45) is 0 Å². The second-order valence-electron chi connectivity index (χ2n) is 7.07. The van der Waals surface area contributed by atoms with Crippen LogP contribution in [0, 0.1) is 6.92 Å². The number of para-hydroxylation sites is 1. The summed E-state index contributed by atoms with van der Waals surface area (Å²) in [7, 11) is 1.55. The molecule has 0 fully saturated rings. The van der Waals surface area contributed by atoms with E-state index in [1.807, 2.05) is 43.3 Å². The fraction of sp³-hybridized carbons (Fsp3) is 0.174. The van der Waals surface area contributed by atoms with E-state index in [-0.39, 0.29) is 11.8 Å². The molecule has 30 heavy (non-hydrogen) atoms. The first-order chi connectivity index (χ1) is 14.5. The second-order valence-corrected chi connectivity index (χ2v) is 7.07. The maximum absolute atomic E-state index is 12.9. The molecule has 4 rings (SSSR count). The number of rotatable bonds is 5. The molecule has 7 heteroatoms. The zero-order valence-corrected chi connectivity index (χ0v) is 16.8. The minimum atomic E-state index is -0.284. The number of carbonyl (C=O) groups excluding carboxylic acids is 2. The number of amides is 2. The predicted molar refractivity (Wildman–Crippen MR) is 115 cm³/mol. The van der Waals surface area contributed by atoms with E-state index < -0.39 is 0 Å². The topological polar surface area (TPSA) is 92.4 Å². The first-order valence-electron chi connectivity index (χ1n) is 9.61. The SMILES string of the molecule is CNC(=O)c1cnc(Nc2ccccc2C)c(NC(=O)c2ccc3c(c2)COC3)c1. The number of aryl methyl sites for hydroxylation is 1. The second kappa shape index (κ2) is 8.34. The van der Waals surface area contributed by atoms with Gasteiger partial charge in [-0.05, 0) is 47.9 Å². The number of ether oxygens (including phenoxy) is 1. The lowest BCUT2D eigenvalue weighted by molar-refractivity contribution is 0.0961. The van der Waals surface area contributed by atoms with Gasteiger partial charge in [0.25, 0.3) is 11.8 Å². The molecule has 0 bridgehead atoms. The molecule has 1 aliphatic heterocycles. The molecular formula is C23H22N4O3. The van der Waals surface area contributed by atoms with Crippen LogP contribution in [0.2, 0.25) is 0 Å². The molecule has 0 spiro atoms. The third-order valence-electron chi connectivity index (χ3n) is 5.01. The normalized spacial score (nSPS) is 12.2. The molecule has 0 atom stereocenters.